The van der Waals surface area contributed by atoms with E-state index >= 15 is 0 Å². The van der Waals surface area contributed by atoms with Gasteiger partial charge < -0.3 is 10.6 Å². The Kier molecular flexibility index (Phi) is 7.07. The third-order valence-corrected chi connectivity index (χ3v) is 5.88. The molecule has 2 aromatic carbocycles. The van der Waals surface area contributed by atoms with E-state index in [1.54, 1.807) is 48.8 Å². The van der Waals surface area contributed by atoms with Gasteiger partial charge in [0.15, 0.2) is 5.82 Å². The third kappa shape index (κ3) is 5.85. The molecule has 0 bridgehead atoms. The molecule has 0 aliphatic heterocycles. The highest BCUT2D eigenvalue weighted by Gasteiger charge is 2.21. The maximum Gasteiger partial charge on any atom is 0.255 e. The van der Waals surface area contributed by atoms with Gasteiger partial charge in [-0.25, -0.2) is 15.0 Å². The Morgan fingerprint density at radius 3 is 2.49 bits per heavy atom. The summed E-state index contributed by atoms with van der Waals surface area (Å²) in [6.07, 6.45) is 3.26. The number of pyridine rings is 1. The summed E-state index contributed by atoms with van der Waals surface area (Å²) in [5.41, 5.74) is 4.39. The highest BCUT2D eigenvalue weighted by Crippen LogP contribution is 2.28. The van der Waals surface area contributed by atoms with Crippen LogP contribution in [0.3, 0.4) is 0 Å². The fraction of sp³-hybridized carbons (Fsp3) is 0.172. The van der Waals surface area contributed by atoms with E-state index < -0.39 is 5.41 Å². The molecule has 0 aliphatic rings. The Balaban J connectivity index is 1.61. The Morgan fingerprint density at radius 1 is 0.946 bits per heavy atom. The maximum atomic E-state index is 13.0. The number of nitrogens with zero attached hydrogens (tertiary/aromatic N) is 4. The van der Waals surface area contributed by atoms with Gasteiger partial charge in [0.1, 0.15) is 5.82 Å². The number of carbonyl (C=O) groups excluding carboxylic acids is 2. The monoisotopic (exact) mass is 490 g/mol. The first-order valence-electron chi connectivity index (χ1n) is 11.7. The average molecular weight is 491 g/mol. The number of anilines is 2. The first kappa shape index (κ1) is 25.2. The van der Waals surface area contributed by atoms with Crippen LogP contribution in [0, 0.1) is 18.3 Å². The van der Waals surface area contributed by atoms with Gasteiger partial charge in [-0.05, 0) is 74.4 Å². The van der Waals surface area contributed by atoms with Gasteiger partial charge in [0, 0.05) is 41.7 Å². The topological polar surface area (TPSA) is 121 Å². The van der Waals surface area contributed by atoms with Crippen molar-refractivity contribution < 1.29 is 9.59 Å². The van der Waals surface area contributed by atoms with E-state index in [0.717, 1.165) is 16.7 Å². The summed E-state index contributed by atoms with van der Waals surface area (Å²) in [5.74, 6) is 0.421. The second kappa shape index (κ2) is 10.4. The largest absolute Gasteiger partial charge is 0.322 e. The van der Waals surface area contributed by atoms with Crippen LogP contribution in [0.25, 0.3) is 22.6 Å². The molecule has 2 aromatic heterocycles. The maximum absolute atomic E-state index is 13.0. The third-order valence-electron chi connectivity index (χ3n) is 5.88. The molecule has 184 valence electrons. The fourth-order valence-corrected chi connectivity index (χ4v) is 3.76. The number of amides is 2. The zero-order valence-corrected chi connectivity index (χ0v) is 21.0. The van der Waals surface area contributed by atoms with Crippen LogP contribution in [0.4, 0.5) is 11.5 Å². The average Bonchev–Trinajstić information content (AvgIpc) is 2.89. The number of nitriles is 1. The van der Waals surface area contributed by atoms with Gasteiger partial charge in [0.25, 0.3) is 5.91 Å². The number of nitrogens with one attached hydrogen (secondary N) is 2. The molecule has 0 radical (unpaired) electrons. The van der Waals surface area contributed by atoms with Gasteiger partial charge in [0.2, 0.25) is 5.91 Å². The van der Waals surface area contributed by atoms with Crippen molar-refractivity contribution in [3.05, 3.63) is 89.7 Å². The quantitative estimate of drug-likeness (QED) is 0.367. The molecule has 2 N–H and O–H groups in total. The Morgan fingerprint density at radius 2 is 1.73 bits per heavy atom. The highest BCUT2D eigenvalue weighted by atomic mass is 16.2. The predicted octanol–water partition coefficient (Wildman–Crippen LogP) is 5.53. The summed E-state index contributed by atoms with van der Waals surface area (Å²) in [4.78, 5) is 37.6. The second-order valence-electron chi connectivity index (χ2n) is 9.18. The van der Waals surface area contributed by atoms with E-state index in [9.17, 15) is 14.9 Å². The molecular weight excluding hydrogens is 464 g/mol. The van der Waals surface area contributed by atoms with Crippen molar-refractivity contribution >= 4 is 23.3 Å². The zero-order valence-electron chi connectivity index (χ0n) is 21.0. The first-order valence-corrected chi connectivity index (χ1v) is 11.7. The molecule has 0 spiro atoms. The van der Waals surface area contributed by atoms with Gasteiger partial charge in [0.05, 0.1) is 17.2 Å². The predicted molar refractivity (Wildman–Crippen MR) is 143 cm³/mol. The van der Waals surface area contributed by atoms with E-state index in [1.165, 1.54) is 6.92 Å². The lowest BCUT2D eigenvalue weighted by Gasteiger charge is -2.16. The number of rotatable bonds is 6. The van der Waals surface area contributed by atoms with Gasteiger partial charge in [-0.15, -0.1) is 0 Å². The molecule has 4 rings (SSSR count). The van der Waals surface area contributed by atoms with Crippen LogP contribution in [-0.2, 0) is 10.2 Å². The Bertz CT molecular complexity index is 1540. The zero-order chi connectivity index (χ0) is 26.6. The van der Waals surface area contributed by atoms with Crippen LogP contribution < -0.4 is 10.6 Å². The molecule has 2 amide bonds. The number of hydrogen-bond donors (Lipinski definition) is 2. The molecule has 0 fully saturated rings. The minimum absolute atomic E-state index is 0.214. The summed E-state index contributed by atoms with van der Waals surface area (Å²) < 4.78 is 0. The molecule has 0 atom stereocenters. The van der Waals surface area contributed by atoms with Crippen molar-refractivity contribution in [1.29, 1.82) is 5.26 Å². The van der Waals surface area contributed by atoms with Crippen molar-refractivity contribution in [3.8, 4) is 28.7 Å². The minimum Gasteiger partial charge on any atom is -0.322 e. The Hall–Kier alpha value is -4.90. The smallest absolute Gasteiger partial charge is 0.255 e. The normalized spacial score (nSPS) is 10.9. The van der Waals surface area contributed by atoms with Crippen LogP contribution >= 0.6 is 0 Å². The number of aryl methyl sites for hydroxylation is 1. The van der Waals surface area contributed by atoms with E-state index in [2.05, 4.69) is 26.7 Å². The van der Waals surface area contributed by atoms with Gasteiger partial charge in [-0.1, -0.05) is 18.2 Å². The van der Waals surface area contributed by atoms with Crippen LogP contribution in [0.2, 0.25) is 0 Å². The lowest BCUT2D eigenvalue weighted by atomic mass is 9.85. The van der Waals surface area contributed by atoms with Crippen molar-refractivity contribution in [2.45, 2.75) is 33.1 Å². The first-order chi connectivity index (χ1) is 17.7. The standard InChI is InChI=1S/C29H26N6O2/c1-18-8-9-23(34-28(37)21-6-5-7-22(14-21)29(3,4)17-30)16-24(18)25-11-13-32-27(35-25)20-10-12-31-26(15-20)33-19(2)36/h5-16H,1-4H3,(H,34,37)(H,31,33,36). The van der Waals surface area contributed by atoms with Crippen LogP contribution in [0.1, 0.15) is 42.3 Å². The Labute approximate surface area is 215 Å². The molecule has 37 heavy (non-hydrogen) atoms. The van der Waals surface area contributed by atoms with Gasteiger partial charge in [-0.2, -0.15) is 5.26 Å². The molecule has 0 saturated carbocycles. The van der Waals surface area contributed by atoms with Crippen molar-refractivity contribution in [2.24, 2.45) is 0 Å². The lowest BCUT2D eigenvalue weighted by molar-refractivity contribution is -0.114. The number of hydrogen-bond acceptors (Lipinski definition) is 6. The molecule has 2 heterocycles. The van der Waals surface area contributed by atoms with E-state index in [4.69, 9.17) is 4.98 Å². The molecule has 0 unspecified atom stereocenters. The highest BCUT2D eigenvalue weighted by molar-refractivity contribution is 6.04. The molecule has 8 heteroatoms. The van der Waals surface area contributed by atoms with Crippen molar-refractivity contribution in [3.63, 3.8) is 0 Å². The second-order valence-corrected chi connectivity index (χ2v) is 9.18. The molecule has 0 aliphatic carbocycles. The summed E-state index contributed by atoms with van der Waals surface area (Å²) in [7, 11) is 0. The van der Waals surface area contributed by atoms with Crippen LogP contribution in [-0.4, -0.2) is 26.8 Å². The SMILES string of the molecule is CC(=O)Nc1cc(-c2nccc(-c3cc(NC(=O)c4cccc(C(C)(C)C#N)c4)ccc3C)n2)ccn1. The van der Waals surface area contributed by atoms with E-state index in [-0.39, 0.29) is 11.8 Å². The molecule has 0 saturated heterocycles. The van der Waals surface area contributed by atoms with Gasteiger partial charge in [-0.3, -0.25) is 9.59 Å². The van der Waals surface area contributed by atoms with Gasteiger partial charge >= 0.3 is 0 Å². The van der Waals surface area contributed by atoms with Crippen LogP contribution in [0.5, 0.6) is 0 Å². The summed E-state index contributed by atoms with van der Waals surface area (Å²) in [6, 6.07) is 20.3. The fourth-order valence-electron chi connectivity index (χ4n) is 3.76. The molecular formula is C29H26N6O2. The van der Waals surface area contributed by atoms with Crippen molar-refractivity contribution in [2.75, 3.05) is 10.6 Å². The summed E-state index contributed by atoms with van der Waals surface area (Å²) in [5, 5.41) is 15.0. The van der Waals surface area contributed by atoms with Crippen molar-refractivity contribution in [1.82, 2.24) is 15.0 Å². The molecule has 4 aromatic rings. The van der Waals surface area contributed by atoms with E-state index in [1.807, 2.05) is 45.0 Å². The minimum atomic E-state index is -0.699. The molecule has 8 nitrogen and oxygen atoms in total. The number of benzene rings is 2. The number of aromatic nitrogens is 3. The van der Waals surface area contributed by atoms with Crippen LogP contribution in [0.15, 0.2) is 73.1 Å². The number of carbonyl (C=O) groups is 2. The van der Waals surface area contributed by atoms with E-state index in [0.29, 0.717) is 34.2 Å². The summed E-state index contributed by atoms with van der Waals surface area (Å²) >= 11 is 0. The summed E-state index contributed by atoms with van der Waals surface area (Å²) in [6.45, 7) is 7.03. The lowest BCUT2D eigenvalue weighted by Crippen LogP contribution is -2.17.